The van der Waals surface area contributed by atoms with Crippen LogP contribution in [0.15, 0.2) is 36.7 Å². The van der Waals surface area contributed by atoms with Gasteiger partial charge in [-0.15, -0.1) is 0 Å². The van der Waals surface area contributed by atoms with E-state index in [0.717, 1.165) is 30.1 Å². The lowest BCUT2D eigenvalue weighted by atomic mass is 9.91. The van der Waals surface area contributed by atoms with Gasteiger partial charge in [-0.05, 0) is 12.5 Å². The number of carbonyl (C=O) groups is 1. The lowest BCUT2D eigenvalue weighted by Gasteiger charge is -2.22. The Morgan fingerprint density at radius 1 is 1.17 bits per heavy atom. The van der Waals surface area contributed by atoms with Crippen LogP contribution in [-0.2, 0) is 22.0 Å². The molecule has 1 aliphatic rings. The van der Waals surface area contributed by atoms with Crippen LogP contribution in [0.4, 0.5) is 17.6 Å². The highest BCUT2D eigenvalue weighted by Crippen LogP contribution is 2.32. The number of amides is 1. The molecular weight excluding hydrogens is 460 g/mol. The fraction of sp³-hybridized carbons (Fsp3) is 0.400. The minimum atomic E-state index is -0.200. The van der Waals surface area contributed by atoms with E-state index in [1.165, 1.54) is 6.92 Å². The molecule has 1 atom stereocenters. The smallest absolute Gasteiger partial charge is 0.222 e. The lowest BCUT2D eigenvalue weighted by Crippen LogP contribution is -2.22. The summed E-state index contributed by atoms with van der Waals surface area (Å²) in [4.78, 5) is 24.5. The summed E-state index contributed by atoms with van der Waals surface area (Å²) >= 11 is 0. The highest BCUT2D eigenvalue weighted by Gasteiger charge is 2.28. The number of imidazole rings is 1. The summed E-state index contributed by atoms with van der Waals surface area (Å²) in [5, 5.41) is 10.9. The number of nitrogens with zero attached hydrogens (tertiary/aromatic N) is 6. The summed E-state index contributed by atoms with van der Waals surface area (Å²) in [6, 6.07) is 7.55. The van der Waals surface area contributed by atoms with Crippen molar-refractivity contribution in [2.45, 2.75) is 45.6 Å². The van der Waals surface area contributed by atoms with E-state index in [2.05, 4.69) is 57.1 Å². The van der Waals surface area contributed by atoms with Crippen molar-refractivity contribution in [2.24, 2.45) is 7.05 Å². The molecule has 0 bridgehead atoms. The first-order valence-electron chi connectivity index (χ1n) is 11.9. The molecule has 0 unspecified atom stereocenters. The quantitative estimate of drug-likeness (QED) is 0.410. The lowest BCUT2D eigenvalue weighted by molar-refractivity contribution is -0.114. The second kappa shape index (κ2) is 9.23. The standard InChI is InChI=1S/C25H30N8O3/c1-15(34)28-21-11-17(6-8-26-21)36-18-10-19-23(27-13-18)30-24(32(19)5)29-22-12-20(25(2,3)4)33(31-22)16-7-9-35-14-16/h6,8,10-13,16H,7,9,14H2,1-5H3,(H,26,28,34)(H,27,29,30,31)/t16-/m1/s1. The third-order valence-corrected chi connectivity index (χ3v) is 5.98. The van der Waals surface area contributed by atoms with Gasteiger partial charge in [0.1, 0.15) is 17.3 Å². The second-order valence-electron chi connectivity index (χ2n) is 9.92. The number of nitrogens with one attached hydrogen (secondary N) is 2. The van der Waals surface area contributed by atoms with Gasteiger partial charge in [-0.1, -0.05) is 20.8 Å². The van der Waals surface area contributed by atoms with Crippen molar-refractivity contribution < 1.29 is 14.3 Å². The van der Waals surface area contributed by atoms with Gasteiger partial charge in [0.15, 0.2) is 11.5 Å². The third-order valence-electron chi connectivity index (χ3n) is 5.98. The maximum absolute atomic E-state index is 11.3. The van der Waals surface area contributed by atoms with Crippen LogP contribution in [0.2, 0.25) is 0 Å². The Labute approximate surface area is 208 Å². The highest BCUT2D eigenvalue weighted by molar-refractivity contribution is 5.87. The molecule has 0 radical (unpaired) electrons. The molecule has 2 N–H and O–H groups in total. The number of fused-ring (bicyclic) bond motifs is 1. The molecule has 1 fully saturated rings. The third kappa shape index (κ3) is 4.87. The van der Waals surface area contributed by atoms with E-state index in [4.69, 9.17) is 14.6 Å². The van der Waals surface area contributed by atoms with Gasteiger partial charge in [0.2, 0.25) is 11.9 Å². The minimum Gasteiger partial charge on any atom is -0.455 e. The molecule has 1 amide bonds. The Kier molecular flexibility index (Phi) is 6.09. The van der Waals surface area contributed by atoms with E-state index >= 15 is 0 Å². The van der Waals surface area contributed by atoms with E-state index in [1.807, 2.05) is 17.7 Å². The molecule has 1 saturated heterocycles. The van der Waals surface area contributed by atoms with Crippen LogP contribution < -0.4 is 15.4 Å². The van der Waals surface area contributed by atoms with Crippen LogP contribution in [-0.4, -0.2) is 48.4 Å². The van der Waals surface area contributed by atoms with E-state index < -0.39 is 0 Å². The van der Waals surface area contributed by atoms with Gasteiger partial charge in [0.05, 0.1) is 24.4 Å². The van der Waals surface area contributed by atoms with Gasteiger partial charge in [-0.3, -0.25) is 9.48 Å². The zero-order valence-electron chi connectivity index (χ0n) is 21.1. The summed E-state index contributed by atoms with van der Waals surface area (Å²) in [6.45, 7) is 9.41. The average Bonchev–Trinajstić information content (AvgIpc) is 3.54. The summed E-state index contributed by atoms with van der Waals surface area (Å²) in [6.07, 6.45) is 4.14. The molecular formula is C25H30N8O3. The van der Waals surface area contributed by atoms with Crippen molar-refractivity contribution in [3.63, 3.8) is 0 Å². The van der Waals surface area contributed by atoms with Crippen LogP contribution in [0.3, 0.4) is 0 Å². The molecule has 11 heteroatoms. The number of hydrogen-bond donors (Lipinski definition) is 2. The molecule has 5 heterocycles. The Morgan fingerprint density at radius 3 is 2.72 bits per heavy atom. The largest absolute Gasteiger partial charge is 0.455 e. The number of rotatable bonds is 6. The number of aromatic nitrogens is 6. The van der Waals surface area contributed by atoms with Crippen LogP contribution >= 0.6 is 0 Å². The van der Waals surface area contributed by atoms with Gasteiger partial charge in [0, 0.05) is 56.1 Å². The predicted molar refractivity (Wildman–Crippen MR) is 136 cm³/mol. The molecule has 1 aliphatic heterocycles. The van der Waals surface area contributed by atoms with Crippen molar-refractivity contribution >= 4 is 34.7 Å². The summed E-state index contributed by atoms with van der Waals surface area (Å²) in [5.74, 6) is 2.64. The maximum atomic E-state index is 11.3. The highest BCUT2D eigenvalue weighted by atomic mass is 16.5. The molecule has 0 spiro atoms. The summed E-state index contributed by atoms with van der Waals surface area (Å²) < 4.78 is 15.6. The Morgan fingerprint density at radius 2 is 2.00 bits per heavy atom. The number of anilines is 3. The first-order chi connectivity index (χ1) is 17.2. The van der Waals surface area contributed by atoms with Crippen LogP contribution in [0.25, 0.3) is 11.2 Å². The molecule has 0 saturated carbocycles. The van der Waals surface area contributed by atoms with Crippen molar-refractivity contribution in [3.8, 4) is 11.5 Å². The first-order valence-corrected chi connectivity index (χ1v) is 11.9. The van der Waals surface area contributed by atoms with Gasteiger partial charge in [-0.25, -0.2) is 9.97 Å². The molecule has 5 rings (SSSR count). The van der Waals surface area contributed by atoms with Crippen LogP contribution in [0.1, 0.15) is 45.9 Å². The summed E-state index contributed by atoms with van der Waals surface area (Å²) in [5.41, 5.74) is 2.46. The monoisotopic (exact) mass is 490 g/mol. The van der Waals surface area contributed by atoms with Crippen molar-refractivity contribution in [1.29, 1.82) is 0 Å². The number of pyridine rings is 2. The molecule has 188 valence electrons. The molecule has 36 heavy (non-hydrogen) atoms. The topological polar surface area (TPSA) is 121 Å². The molecule has 0 aromatic carbocycles. The van der Waals surface area contributed by atoms with E-state index in [0.29, 0.717) is 35.5 Å². The number of hydrogen-bond acceptors (Lipinski definition) is 8. The second-order valence-corrected chi connectivity index (χ2v) is 9.92. The van der Waals surface area contributed by atoms with Crippen molar-refractivity contribution in [3.05, 3.63) is 42.4 Å². The first kappa shape index (κ1) is 23.7. The minimum absolute atomic E-state index is 0.0670. The van der Waals surface area contributed by atoms with Gasteiger partial charge < -0.3 is 24.7 Å². The molecule has 4 aromatic rings. The SMILES string of the molecule is CC(=O)Nc1cc(Oc2cnc3nc(Nc4cc(C(C)(C)C)n([C@@H]5CCOC5)n4)n(C)c3c2)ccn1. The van der Waals surface area contributed by atoms with Crippen molar-refractivity contribution in [1.82, 2.24) is 29.3 Å². The van der Waals surface area contributed by atoms with Crippen molar-refractivity contribution in [2.75, 3.05) is 23.8 Å². The molecule has 11 nitrogen and oxygen atoms in total. The maximum Gasteiger partial charge on any atom is 0.222 e. The fourth-order valence-electron chi connectivity index (χ4n) is 4.20. The Balaban J connectivity index is 1.40. The van der Waals surface area contributed by atoms with E-state index in [-0.39, 0.29) is 17.4 Å². The van der Waals surface area contributed by atoms with Gasteiger partial charge in [-0.2, -0.15) is 10.1 Å². The van der Waals surface area contributed by atoms with Gasteiger partial charge >= 0.3 is 0 Å². The zero-order valence-corrected chi connectivity index (χ0v) is 21.1. The van der Waals surface area contributed by atoms with Crippen LogP contribution in [0, 0.1) is 0 Å². The normalized spacial score (nSPS) is 15.9. The Hall–Kier alpha value is -3.99. The summed E-state index contributed by atoms with van der Waals surface area (Å²) in [7, 11) is 1.91. The van der Waals surface area contributed by atoms with E-state index in [1.54, 1.807) is 24.5 Å². The average molecular weight is 491 g/mol. The van der Waals surface area contributed by atoms with Crippen LogP contribution in [0.5, 0.6) is 11.5 Å². The number of aryl methyl sites for hydroxylation is 1. The number of carbonyl (C=O) groups excluding carboxylic acids is 1. The number of ether oxygens (including phenoxy) is 2. The van der Waals surface area contributed by atoms with Gasteiger partial charge in [0.25, 0.3) is 0 Å². The Bertz CT molecular complexity index is 1410. The van der Waals surface area contributed by atoms with E-state index in [9.17, 15) is 4.79 Å². The predicted octanol–water partition coefficient (Wildman–Crippen LogP) is 4.31. The fourth-order valence-corrected chi connectivity index (χ4v) is 4.20. The molecule has 4 aromatic heterocycles. The molecule has 0 aliphatic carbocycles. The zero-order chi connectivity index (χ0) is 25.4.